The predicted octanol–water partition coefficient (Wildman–Crippen LogP) is 2.39. The van der Waals surface area contributed by atoms with Crippen LogP contribution in [-0.2, 0) is 14.3 Å². The van der Waals surface area contributed by atoms with Gasteiger partial charge >= 0.3 is 6.09 Å². The monoisotopic (exact) mass is 323 g/mol. The van der Waals surface area contributed by atoms with Crippen molar-refractivity contribution in [3.63, 3.8) is 0 Å². The summed E-state index contributed by atoms with van der Waals surface area (Å²) in [6.45, 7) is 6.71. The Labute approximate surface area is 128 Å². The van der Waals surface area contributed by atoms with E-state index in [4.69, 9.17) is 32.7 Å². The Kier molecular flexibility index (Phi) is 4.00. The topological polar surface area (TPSA) is 55.8 Å². The van der Waals surface area contributed by atoms with Gasteiger partial charge in [0.1, 0.15) is 5.60 Å². The second kappa shape index (κ2) is 5.04. The van der Waals surface area contributed by atoms with Crippen molar-refractivity contribution in [2.45, 2.75) is 37.1 Å². The fraction of sp³-hybridized carbons (Fsp3) is 0.846. The number of hydrogen-bond donors (Lipinski definition) is 0. The van der Waals surface area contributed by atoms with Crippen LogP contribution in [-0.4, -0.2) is 53.0 Å². The van der Waals surface area contributed by atoms with Crippen molar-refractivity contribution in [2.75, 3.05) is 26.3 Å². The number of alkyl halides is 2. The number of carbonyl (C=O) groups is 2. The van der Waals surface area contributed by atoms with E-state index in [0.717, 1.165) is 0 Å². The molecule has 1 aliphatic carbocycles. The molecule has 20 heavy (non-hydrogen) atoms. The van der Waals surface area contributed by atoms with Crippen LogP contribution < -0.4 is 0 Å². The van der Waals surface area contributed by atoms with Crippen molar-refractivity contribution in [1.29, 1.82) is 0 Å². The Hall–Kier alpha value is -0.520. The van der Waals surface area contributed by atoms with Crippen LogP contribution >= 0.6 is 23.2 Å². The van der Waals surface area contributed by atoms with Crippen LogP contribution in [0.25, 0.3) is 0 Å². The van der Waals surface area contributed by atoms with Crippen LogP contribution in [0.5, 0.6) is 0 Å². The SMILES string of the molecule is CC(C)(C)OC(=O)N1CCOCC2(CC(=O)C2(Cl)Cl)C1. The summed E-state index contributed by atoms with van der Waals surface area (Å²) in [6, 6.07) is 0. The lowest BCUT2D eigenvalue weighted by atomic mass is 9.67. The van der Waals surface area contributed by atoms with E-state index in [9.17, 15) is 9.59 Å². The number of ether oxygens (including phenoxy) is 2. The lowest BCUT2D eigenvalue weighted by molar-refractivity contribution is -0.138. The summed E-state index contributed by atoms with van der Waals surface area (Å²) in [5.41, 5.74) is -1.31. The number of carbonyl (C=O) groups excluding carboxylic acids is 2. The molecular formula is C13H19Cl2NO4. The summed E-state index contributed by atoms with van der Waals surface area (Å²) >= 11 is 12.2. The van der Waals surface area contributed by atoms with E-state index < -0.39 is 21.4 Å². The third-order valence-corrected chi connectivity index (χ3v) is 4.77. The summed E-state index contributed by atoms with van der Waals surface area (Å²) in [6.07, 6.45) is -0.217. The first-order valence-electron chi connectivity index (χ1n) is 6.54. The first-order chi connectivity index (χ1) is 9.07. The molecule has 1 spiro atoms. The predicted molar refractivity (Wildman–Crippen MR) is 75.1 cm³/mol. The number of rotatable bonds is 0. The van der Waals surface area contributed by atoms with E-state index in [1.54, 1.807) is 20.8 Å². The smallest absolute Gasteiger partial charge is 0.410 e. The van der Waals surface area contributed by atoms with E-state index in [2.05, 4.69) is 0 Å². The van der Waals surface area contributed by atoms with Gasteiger partial charge in [-0.25, -0.2) is 4.79 Å². The quantitative estimate of drug-likeness (QED) is 0.642. The van der Waals surface area contributed by atoms with Gasteiger partial charge in [-0.3, -0.25) is 4.79 Å². The van der Waals surface area contributed by atoms with Crippen LogP contribution in [0.3, 0.4) is 0 Å². The number of nitrogens with zero attached hydrogens (tertiary/aromatic N) is 1. The molecule has 2 aliphatic rings. The van der Waals surface area contributed by atoms with Crippen molar-refractivity contribution in [1.82, 2.24) is 4.90 Å². The first kappa shape index (κ1) is 15.9. The zero-order chi connectivity index (χ0) is 15.2. The molecule has 2 fully saturated rings. The molecule has 0 N–H and O–H groups in total. The fourth-order valence-corrected chi connectivity index (χ4v) is 2.93. The number of hydrogen-bond acceptors (Lipinski definition) is 4. The standard InChI is InChI=1S/C13H19Cl2NO4/c1-11(2,3)20-10(18)16-4-5-19-8-12(7-16)6-9(17)13(12,14)15/h4-8H2,1-3H3. The highest BCUT2D eigenvalue weighted by atomic mass is 35.5. The summed E-state index contributed by atoms with van der Waals surface area (Å²) in [7, 11) is 0. The Morgan fingerprint density at radius 3 is 2.55 bits per heavy atom. The van der Waals surface area contributed by atoms with E-state index in [-0.39, 0.29) is 25.4 Å². The molecule has 0 radical (unpaired) electrons. The average molecular weight is 324 g/mol. The highest BCUT2D eigenvalue weighted by Crippen LogP contribution is 2.55. The molecule has 2 rings (SSSR count). The highest BCUT2D eigenvalue weighted by Gasteiger charge is 2.65. The van der Waals surface area contributed by atoms with Crippen molar-refractivity contribution < 1.29 is 19.1 Å². The van der Waals surface area contributed by atoms with Gasteiger partial charge in [-0.2, -0.15) is 0 Å². The molecule has 0 aromatic carbocycles. The zero-order valence-corrected chi connectivity index (χ0v) is 13.4. The third-order valence-electron chi connectivity index (χ3n) is 3.54. The molecule has 1 atom stereocenters. The maximum Gasteiger partial charge on any atom is 0.410 e. The number of Topliss-reactive ketones (excluding diaryl/α,β-unsaturated/α-hetero) is 1. The van der Waals surface area contributed by atoms with E-state index in [0.29, 0.717) is 13.2 Å². The van der Waals surface area contributed by atoms with E-state index >= 15 is 0 Å². The maximum atomic E-state index is 12.2. The number of amides is 1. The molecule has 0 aromatic heterocycles. The van der Waals surface area contributed by atoms with Gasteiger partial charge in [0.05, 0.1) is 18.6 Å². The zero-order valence-electron chi connectivity index (χ0n) is 11.9. The molecule has 5 nitrogen and oxygen atoms in total. The molecule has 114 valence electrons. The van der Waals surface area contributed by atoms with Crippen LogP contribution in [0.2, 0.25) is 0 Å². The largest absolute Gasteiger partial charge is 0.444 e. The van der Waals surface area contributed by atoms with Gasteiger partial charge in [0.25, 0.3) is 0 Å². The molecule has 1 amide bonds. The normalized spacial score (nSPS) is 29.9. The molecule has 1 unspecified atom stereocenters. The molecule has 7 heteroatoms. The third kappa shape index (κ3) is 2.76. The molecule has 1 aliphatic heterocycles. The van der Waals surface area contributed by atoms with Crippen LogP contribution in [0.15, 0.2) is 0 Å². The Morgan fingerprint density at radius 1 is 1.40 bits per heavy atom. The minimum Gasteiger partial charge on any atom is -0.444 e. The maximum absolute atomic E-state index is 12.2. The van der Waals surface area contributed by atoms with Crippen LogP contribution in [0, 0.1) is 5.41 Å². The molecule has 1 heterocycles. The van der Waals surface area contributed by atoms with Gasteiger partial charge in [-0.05, 0) is 20.8 Å². The van der Waals surface area contributed by atoms with Gasteiger partial charge in [0.2, 0.25) is 0 Å². The van der Waals surface area contributed by atoms with Gasteiger partial charge in [0, 0.05) is 19.5 Å². The lowest BCUT2D eigenvalue weighted by Crippen LogP contribution is -2.64. The van der Waals surface area contributed by atoms with E-state index in [1.807, 2.05) is 0 Å². The second-order valence-electron chi connectivity index (χ2n) is 6.41. The van der Waals surface area contributed by atoms with Crippen molar-refractivity contribution in [3.05, 3.63) is 0 Å². The highest BCUT2D eigenvalue weighted by molar-refractivity contribution is 6.61. The Bertz CT molecular complexity index is 433. The molecule has 0 bridgehead atoms. The summed E-state index contributed by atoms with van der Waals surface area (Å²) in [4.78, 5) is 25.3. The Morgan fingerprint density at radius 2 is 2.05 bits per heavy atom. The van der Waals surface area contributed by atoms with Gasteiger partial charge in [0.15, 0.2) is 10.1 Å². The summed E-state index contributed by atoms with van der Waals surface area (Å²) < 4.78 is 9.34. The van der Waals surface area contributed by atoms with Gasteiger partial charge < -0.3 is 14.4 Å². The van der Waals surface area contributed by atoms with Gasteiger partial charge in [-0.15, -0.1) is 0 Å². The molecule has 1 saturated heterocycles. The van der Waals surface area contributed by atoms with Crippen LogP contribution in [0.4, 0.5) is 4.79 Å². The average Bonchev–Trinajstić information content (AvgIpc) is 2.52. The fourth-order valence-electron chi connectivity index (χ4n) is 2.43. The minimum atomic E-state index is -1.49. The molecule has 0 aromatic rings. The van der Waals surface area contributed by atoms with Crippen LogP contribution in [0.1, 0.15) is 27.2 Å². The van der Waals surface area contributed by atoms with Crippen molar-refractivity contribution >= 4 is 35.1 Å². The number of ketones is 1. The number of halogens is 2. The van der Waals surface area contributed by atoms with Crippen molar-refractivity contribution in [3.8, 4) is 0 Å². The Balaban J connectivity index is 2.13. The van der Waals surface area contributed by atoms with E-state index in [1.165, 1.54) is 4.90 Å². The second-order valence-corrected chi connectivity index (χ2v) is 7.74. The van der Waals surface area contributed by atoms with Gasteiger partial charge in [-0.1, -0.05) is 23.2 Å². The van der Waals surface area contributed by atoms with Crippen molar-refractivity contribution in [2.24, 2.45) is 5.41 Å². The summed E-state index contributed by atoms with van der Waals surface area (Å²) in [5.74, 6) is -0.226. The first-order valence-corrected chi connectivity index (χ1v) is 7.30. The summed E-state index contributed by atoms with van der Waals surface area (Å²) in [5, 5.41) is 0. The minimum absolute atomic E-state index is 0.222. The lowest BCUT2D eigenvalue weighted by Gasteiger charge is -2.50. The molecule has 1 saturated carbocycles. The molecular weight excluding hydrogens is 305 g/mol.